The average molecular weight is 485 g/mol. The van der Waals surface area contributed by atoms with Gasteiger partial charge in [-0.3, -0.25) is 0 Å². The highest BCUT2D eigenvalue weighted by atomic mass is 16.7. The van der Waals surface area contributed by atoms with Gasteiger partial charge in [-0.25, -0.2) is 0 Å². The number of ether oxygens (including phenoxy) is 4. The van der Waals surface area contributed by atoms with Crippen LogP contribution in [-0.2, 0) is 18.9 Å². The Morgan fingerprint density at radius 2 is 1.03 bits per heavy atom. The van der Waals surface area contributed by atoms with Gasteiger partial charge in [0.15, 0.2) is 13.1 Å². The number of methoxy groups -OCH3 is 1. The van der Waals surface area contributed by atoms with E-state index in [4.69, 9.17) is 18.9 Å². The van der Waals surface area contributed by atoms with E-state index in [2.05, 4.69) is 19.9 Å². The highest BCUT2D eigenvalue weighted by Gasteiger charge is 2.09. The van der Waals surface area contributed by atoms with E-state index in [1.807, 2.05) is 0 Å². The minimum atomic E-state index is 0.0247. The van der Waals surface area contributed by atoms with E-state index in [0.717, 1.165) is 26.1 Å². The Hall–Kier alpha value is -0.580. The Morgan fingerprint density at radius 1 is 0.559 bits per heavy atom. The summed E-state index contributed by atoms with van der Waals surface area (Å²) in [5.41, 5.74) is 0. The molecule has 0 rings (SSSR count). The van der Waals surface area contributed by atoms with Crippen LogP contribution in [0.4, 0.5) is 0 Å². The number of rotatable bonds is 29. The van der Waals surface area contributed by atoms with Crippen LogP contribution in [0, 0.1) is 0 Å². The molecular formula is C30H60O4. The van der Waals surface area contributed by atoms with Gasteiger partial charge in [0.05, 0.1) is 6.26 Å². The molecule has 0 aliphatic carbocycles. The smallest absolute Gasteiger partial charge is 0.187 e. The van der Waals surface area contributed by atoms with Crippen molar-refractivity contribution in [1.29, 1.82) is 0 Å². The molecule has 0 unspecified atom stereocenters. The summed E-state index contributed by atoms with van der Waals surface area (Å²) in [5.74, 6) is 0. The molecule has 0 amide bonds. The third-order valence-electron chi connectivity index (χ3n) is 6.29. The van der Waals surface area contributed by atoms with Crippen LogP contribution in [0.2, 0.25) is 0 Å². The summed E-state index contributed by atoms with van der Waals surface area (Å²) in [5, 5.41) is 0. The minimum Gasteiger partial charge on any atom is -0.476 e. The first kappa shape index (κ1) is 33.4. The lowest BCUT2D eigenvalue weighted by Gasteiger charge is -2.19. The highest BCUT2D eigenvalue weighted by Crippen LogP contribution is 2.15. The van der Waals surface area contributed by atoms with Crippen LogP contribution >= 0.6 is 0 Å². The summed E-state index contributed by atoms with van der Waals surface area (Å²) in [6.45, 7) is 6.58. The number of hydrogen-bond acceptors (Lipinski definition) is 4. The second kappa shape index (κ2) is 30.5. The first-order chi connectivity index (χ1) is 16.8. The van der Waals surface area contributed by atoms with Gasteiger partial charge in [-0.1, -0.05) is 110 Å². The minimum absolute atomic E-state index is 0.0247. The zero-order valence-electron chi connectivity index (χ0n) is 23.3. The molecule has 34 heavy (non-hydrogen) atoms. The van der Waals surface area contributed by atoms with Crippen molar-refractivity contribution in [1.82, 2.24) is 0 Å². The Balaban J connectivity index is 3.56. The summed E-state index contributed by atoms with van der Waals surface area (Å²) >= 11 is 0. The Morgan fingerprint density at radius 3 is 1.53 bits per heavy atom. The van der Waals surface area contributed by atoms with Crippen molar-refractivity contribution in [3.8, 4) is 0 Å². The summed E-state index contributed by atoms with van der Waals surface area (Å²) in [7, 11) is 1.64. The Bertz CT molecular complexity index is 372. The van der Waals surface area contributed by atoms with Crippen molar-refractivity contribution in [2.75, 3.05) is 27.1 Å². The van der Waals surface area contributed by atoms with E-state index < -0.39 is 0 Å². The van der Waals surface area contributed by atoms with Crippen molar-refractivity contribution >= 4 is 0 Å². The lowest BCUT2D eigenvalue weighted by atomic mass is 10.0. The zero-order chi connectivity index (χ0) is 24.8. The predicted molar refractivity (Wildman–Crippen MR) is 146 cm³/mol. The summed E-state index contributed by atoms with van der Waals surface area (Å²) in [4.78, 5) is 0. The number of hydrogen-bond donors (Lipinski definition) is 0. The summed E-state index contributed by atoms with van der Waals surface area (Å²) in [6, 6.07) is 0. The number of allylic oxidation sites excluding steroid dienone is 1. The molecule has 0 fully saturated rings. The fourth-order valence-electron chi connectivity index (χ4n) is 4.11. The van der Waals surface area contributed by atoms with E-state index >= 15 is 0 Å². The first-order valence-electron chi connectivity index (χ1n) is 14.8. The average Bonchev–Trinajstić information content (AvgIpc) is 2.85. The van der Waals surface area contributed by atoms with Crippen molar-refractivity contribution in [2.24, 2.45) is 0 Å². The molecule has 0 spiro atoms. The zero-order valence-corrected chi connectivity index (χ0v) is 23.3. The van der Waals surface area contributed by atoms with Gasteiger partial charge in [0.2, 0.25) is 0 Å². The van der Waals surface area contributed by atoms with Crippen molar-refractivity contribution in [3.63, 3.8) is 0 Å². The Kier molecular flexibility index (Phi) is 29.9. The summed E-state index contributed by atoms with van der Waals surface area (Å²) in [6.07, 6.45) is 31.0. The van der Waals surface area contributed by atoms with E-state index in [9.17, 15) is 0 Å². The van der Waals surface area contributed by atoms with Crippen LogP contribution in [0.1, 0.15) is 149 Å². The van der Waals surface area contributed by atoms with E-state index in [1.54, 1.807) is 13.4 Å². The largest absolute Gasteiger partial charge is 0.476 e. The molecule has 0 saturated heterocycles. The predicted octanol–water partition coefficient (Wildman–Crippen LogP) is 9.71. The van der Waals surface area contributed by atoms with Crippen LogP contribution in [0.5, 0.6) is 0 Å². The van der Waals surface area contributed by atoms with Gasteiger partial charge >= 0.3 is 0 Å². The number of unbranched alkanes of at least 4 members (excludes halogenated alkanes) is 17. The molecule has 0 aromatic rings. The topological polar surface area (TPSA) is 36.9 Å². The second-order valence-corrected chi connectivity index (χ2v) is 9.70. The lowest BCUT2D eigenvalue weighted by molar-refractivity contribution is -0.148. The van der Waals surface area contributed by atoms with Gasteiger partial charge in [-0.05, 0) is 44.6 Å². The molecule has 0 radical (unpaired) electrons. The van der Waals surface area contributed by atoms with Crippen molar-refractivity contribution in [2.45, 2.75) is 155 Å². The molecular weight excluding hydrogens is 424 g/mol. The quantitative estimate of drug-likeness (QED) is 0.0601. The van der Waals surface area contributed by atoms with Crippen molar-refractivity contribution < 1.29 is 18.9 Å². The van der Waals surface area contributed by atoms with Gasteiger partial charge in [-0.2, -0.15) is 0 Å². The van der Waals surface area contributed by atoms with E-state index in [-0.39, 0.29) is 6.29 Å². The maximum Gasteiger partial charge on any atom is 0.187 e. The molecule has 0 saturated carbocycles. The molecule has 0 atom stereocenters. The van der Waals surface area contributed by atoms with E-state index in [1.165, 1.54) is 122 Å². The molecule has 0 aromatic carbocycles. The van der Waals surface area contributed by atoms with Gasteiger partial charge in [0, 0.05) is 20.3 Å². The maximum absolute atomic E-state index is 6.09. The molecule has 4 nitrogen and oxygen atoms in total. The third kappa shape index (κ3) is 27.7. The monoisotopic (exact) mass is 484 g/mol. The van der Waals surface area contributed by atoms with Gasteiger partial charge in [-0.15, -0.1) is 0 Å². The van der Waals surface area contributed by atoms with Crippen LogP contribution in [-0.4, -0.2) is 33.4 Å². The second-order valence-electron chi connectivity index (χ2n) is 9.70. The third-order valence-corrected chi connectivity index (χ3v) is 6.29. The molecule has 204 valence electrons. The van der Waals surface area contributed by atoms with Gasteiger partial charge < -0.3 is 18.9 Å². The molecule has 0 heterocycles. The molecule has 0 bridgehead atoms. The van der Waals surface area contributed by atoms with E-state index in [0.29, 0.717) is 6.79 Å². The molecule has 0 aliphatic heterocycles. The molecule has 4 heteroatoms. The fourth-order valence-corrected chi connectivity index (χ4v) is 4.11. The maximum atomic E-state index is 6.09. The van der Waals surface area contributed by atoms with Crippen LogP contribution in [0.25, 0.3) is 0 Å². The molecule has 0 N–H and O–H groups in total. The SMILES string of the molecule is CCCCCCOC(CCCCCCCCCCCCCC=COCOC)OCCCCCC. The Labute approximate surface area is 213 Å². The molecule has 0 aliphatic rings. The van der Waals surface area contributed by atoms with Gasteiger partial charge in [0.1, 0.15) is 0 Å². The normalized spacial score (nSPS) is 11.8. The fraction of sp³-hybridized carbons (Fsp3) is 0.933. The molecule has 0 aromatic heterocycles. The lowest BCUT2D eigenvalue weighted by Crippen LogP contribution is -2.19. The summed E-state index contributed by atoms with van der Waals surface area (Å²) < 4.78 is 22.1. The van der Waals surface area contributed by atoms with Crippen LogP contribution < -0.4 is 0 Å². The first-order valence-corrected chi connectivity index (χ1v) is 14.8. The highest BCUT2D eigenvalue weighted by molar-refractivity contribution is 4.72. The van der Waals surface area contributed by atoms with Crippen LogP contribution in [0.3, 0.4) is 0 Å². The standard InChI is InChI=1S/C30H60O4/c1-4-6-8-23-27-33-30(34-28-24-9-7-5-2)25-21-19-17-15-13-11-10-12-14-16-18-20-22-26-32-29-31-3/h22,26,30H,4-21,23-25,27-29H2,1-3H3. The van der Waals surface area contributed by atoms with Crippen LogP contribution in [0.15, 0.2) is 12.3 Å². The van der Waals surface area contributed by atoms with Gasteiger partial charge in [0.25, 0.3) is 0 Å². The van der Waals surface area contributed by atoms with Crippen molar-refractivity contribution in [3.05, 3.63) is 12.3 Å².